The van der Waals surface area contributed by atoms with Crippen LogP contribution in [0.3, 0.4) is 0 Å². The lowest BCUT2D eigenvalue weighted by Gasteiger charge is -2.33. The normalized spacial score (nSPS) is 20.2. The van der Waals surface area contributed by atoms with E-state index in [0.717, 1.165) is 12.8 Å². The van der Waals surface area contributed by atoms with Crippen molar-refractivity contribution in [3.8, 4) is 11.5 Å². The number of carbonyl (C=O) groups excluding carboxylic acids is 2. The number of methoxy groups -OCH3 is 1. The highest BCUT2D eigenvalue weighted by atomic mass is 32.2. The minimum Gasteiger partial charge on any atom is -0.497 e. The van der Waals surface area contributed by atoms with Gasteiger partial charge in [0.15, 0.2) is 0 Å². The number of benzene rings is 1. The van der Waals surface area contributed by atoms with Gasteiger partial charge in [-0.15, -0.1) is 0 Å². The van der Waals surface area contributed by atoms with Gasteiger partial charge in [-0.05, 0) is 49.4 Å². The van der Waals surface area contributed by atoms with Crippen LogP contribution in [0.1, 0.15) is 57.8 Å². The number of likely N-dealkylation sites (tertiary alicyclic amines) is 1. The Balaban J connectivity index is 1.43. The number of nitrogens with zero attached hydrogens (tertiary/aromatic N) is 1. The highest BCUT2D eigenvalue weighted by molar-refractivity contribution is 7.78. The van der Waals surface area contributed by atoms with Crippen molar-refractivity contribution in [1.29, 1.82) is 0 Å². The first-order chi connectivity index (χ1) is 17.4. The van der Waals surface area contributed by atoms with Crippen LogP contribution < -0.4 is 19.0 Å². The molecule has 36 heavy (non-hydrogen) atoms. The Morgan fingerprint density at radius 2 is 1.78 bits per heavy atom. The van der Waals surface area contributed by atoms with E-state index in [4.69, 9.17) is 8.92 Å². The van der Waals surface area contributed by atoms with Crippen molar-refractivity contribution in [3.63, 3.8) is 0 Å². The Morgan fingerprint density at radius 3 is 2.44 bits per heavy atom. The monoisotopic (exact) mass is 523 g/mol. The van der Waals surface area contributed by atoms with E-state index in [9.17, 15) is 23.7 Å². The molecule has 11 heteroatoms. The molecule has 3 N–H and O–H groups in total. The second-order valence-corrected chi connectivity index (χ2v) is 10.3. The fraction of sp³-hybridized carbons (Fsp3) is 0.640. The smallest absolute Gasteiger partial charge is 0.323 e. The molecular formula is C25H37N3O7S. The second kappa shape index (κ2) is 14.2. The van der Waals surface area contributed by atoms with Crippen LogP contribution in [0, 0.1) is 11.8 Å². The molecule has 1 saturated carbocycles. The Morgan fingerprint density at radius 1 is 1.08 bits per heavy atom. The summed E-state index contributed by atoms with van der Waals surface area (Å²) in [5, 5.41) is 12.1. The van der Waals surface area contributed by atoms with Crippen molar-refractivity contribution < 1.29 is 32.6 Å². The molecule has 1 heterocycles. The van der Waals surface area contributed by atoms with Crippen LogP contribution >= 0.6 is 0 Å². The first kappa shape index (κ1) is 27.9. The predicted octanol–water partition coefficient (Wildman–Crippen LogP) is 2.41. The van der Waals surface area contributed by atoms with Crippen LogP contribution in [0.25, 0.3) is 0 Å². The van der Waals surface area contributed by atoms with Gasteiger partial charge in [0.2, 0.25) is 11.8 Å². The minimum atomic E-state index is -2.14. The van der Waals surface area contributed by atoms with Gasteiger partial charge in [-0.25, -0.2) is 0 Å². The number of nitrogens with one attached hydrogen (secondary N) is 2. The van der Waals surface area contributed by atoms with Crippen LogP contribution in [0.4, 0.5) is 0 Å². The van der Waals surface area contributed by atoms with E-state index >= 15 is 0 Å². The van der Waals surface area contributed by atoms with Crippen LogP contribution in [0.2, 0.25) is 0 Å². The van der Waals surface area contributed by atoms with Crippen molar-refractivity contribution in [2.75, 3.05) is 26.7 Å². The van der Waals surface area contributed by atoms with Gasteiger partial charge in [-0.2, -0.15) is 8.93 Å². The van der Waals surface area contributed by atoms with Gasteiger partial charge in [-0.1, -0.05) is 32.1 Å². The van der Waals surface area contributed by atoms with Crippen LogP contribution in [-0.4, -0.2) is 64.8 Å². The van der Waals surface area contributed by atoms with E-state index in [1.54, 1.807) is 29.2 Å². The number of carboxylic acids is 1. The summed E-state index contributed by atoms with van der Waals surface area (Å²) in [5.74, 6) is -0.391. The molecule has 2 amide bonds. The van der Waals surface area contributed by atoms with Gasteiger partial charge < -0.3 is 24.2 Å². The average Bonchev–Trinajstić information content (AvgIpc) is 2.90. The summed E-state index contributed by atoms with van der Waals surface area (Å²) in [7, 11) is 1.52. The first-order valence-electron chi connectivity index (χ1n) is 12.6. The van der Waals surface area contributed by atoms with E-state index in [0.29, 0.717) is 37.6 Å². The van der Waals surface area contributed by atoms with Gasteiger partial charge in [-0.3, -0.25) is 14.4 Å². The summed E-state index contributed by atoms with van der Waals surface area (Å²) >= 11 is -2.14. The maximum Gasteiger partial charge on any atom is 0.323 e. The first-order valence-corrected chi connectivity index (χ1v) is 13.7. The standard InChI is InChI=1S/C25H37N3O7S/c1-34-20-10-12-21(13-11-20)35-36(33)27-22(25(31)32)16-26-24(30)19-8-5-15-28(17-19)23(29)14-9-18-6-3-2-4-7-18/h10-13,18-19,22,27H,2-9,14-17H2,1H3,(H,26,30)(H,31,32). The molecule has 0 bridgehead atoms. The third kappa shape index (κ3) is 8.77. The average molecular weight is 524 g/mol. The topological polar surface area (TPSA) is 134 Å². The van der Waals surface area contributed by atoms with E-state index in [-0.39, 0.29) is 24.1 Å². The molecule has 3 unspecified atom stereocenters. The van der Waals surface area contributed by atoms with E-state index in [1.165, 1.54) is 39.2 Å². The van der Waals surface area contributed by atoms with E-state index < -0.39 is 29.2 Å². The van der Waals surface area contributed by atoms with Gasteiger partial charge in [0.1, 0.15) is 17.5 Å². The van der Waals surface area contributed by atoms with Crippen LogP contribution in [0.5, 0.6) is 11.5 Å². The molecule has 10 nitrogen and oxygen atoms in total. The van der Waals surface area contributed by atoms with Crippen molar-refractivity contribution in [1.82, 2.24) is 14.9 Å². The van der Waals surface area contributed by atoms with Crippen molar-refractivity contribution in [2.45, 2.75) is 63.8 Å². The Kier molecular flexibility index (Phi) is 11.0. The summed E-state index contributed by atoms with van der Waals surface area (Å²) < 4.78 is 24.9. The summed E-state index contributed by atoms with van der Waals surface area (Å²) in [6.45, 7) is 0.722. The number of aliphatic carboxylic acids is 1. The van der Waals surface area contributed by atoms with Gasteiger partial charge in [0.05, 0.1) is 13.0 Å². The molecule has 1 aliphatic heterocycles. The van der Waals surface area contributed by atoms with E-state index in [1.807, 2.05) is 0 Å². The van der Waals surface area contributed by atoms with Crippen molar-refractivity contribution >= 4 is 29.1 Å². The molecule has 1 aromatic rings. The molecule has 1 saturated heterocycles. The number of rotatable bonds is 12. The van der Waals surface area contributed by atoms with Gasteiger partial charge in [0, 0.05) is 26.1 Å². The number of piperidine rings is 1. The maximum absolute atomic E-state index is 12.7. The van der Waals surface area contributed by atoms with E-state index in [2.05, 4.69) is 10.0 Å². The number of ether oxygens (including phenoxy) is 1. The lowest BCUT2D eigenvalue weighted by atomic mass is 9.86. The Bertz CT molecular complexity index is 905. The summed E-state index contributed by atoms with van der Waals surface area (Å²) in [5.41, 5.74) is 0. The number of amides is 2. The third-order valence-electron chi connectivity index (χ3n) is 6.88. The fourth-order valence-electron chi connectivity index (χ4n) is 4.76. The number of hydrogen-bond acceptors (Lipinski definition) is 6. The van der Waals surface area contributed by atoms with Crippen LogP contribution in [0.15, 0.2) is 24.3 Å². The molecule has 0 radical (unpaired) electrons. The van der Waals surface area contributed by atoms with Crippen molar-refractivity contribution in [2.24, 2.45) is 11.8 Å². The zero-order chi connectivity index (χ0) is 25.9. The highest BCUT2D eigenvalue weighted by Crippen LogP contribution is 2.28. The predicted molar refractivity (Wildman–Crippen MR) is 134 cm³/mol. The Labute approximate surface area is 214 Å². The number of hydrogen-bond donors (Lipinski definition) is 3. The molecule has 2 aliphatic rings. The molecule has 0 aromatic heterocycles. The van der Waals surface area contributed by atoms with Gasteiger partial charge in [0.25, 0.3) is 11.3 Å². The minimum absolute atomic E-state index is 0.0919. The zero-order valence-electron chi connectivity index (χ0n) is 20.8. The third-order valence-corrected chi connectivity index (χ3v) is 7.71. The molecule has 3 rings (SSSR count). The molecular weight excluding hydrogens is 486 g/mol. The summed E-state index contributed by atoms with van der Waals surface area (Å²) in [6.07, 6.45) is 8.98. The highest BCUT2D eigenvalue weighted by Gasteiger charge is 2.30. The molecule has 3 atom stereocenters. The summed E-state index contributed by atoms with van der Waals surface area (Å²) in [6, 6.07) is 5.01. The quantitative estimate of drug-likeness (QED) is 0.383. The van der Waals surface area contributed by atoms with Crippen LogP contribution in [-0.2, 0) is 25.7 Å². The number of carboxylic acid groups (broad SMARTS) is 1. The largest absolute Gasteiger partial charge is 0.497 e. The Hall–Kier alpha value is -2.66. The SMILES string of the molecule is COc1ccc(OS(=O)NC(CNC(=O)C2CCCN(C(=O)CCC3CCCCC3)C2)C(=O)O)cc1. The lowest BCUT2D eigenvalue weighted by molar-refractivity contribution is -0.139. The zero-order valence-corrected chi connectivity index (χ0v) is 21.6. The fourth-order valence-corrected chi connectivity index (χ4v) is 5.51. The molecule has 2 fully saturated rings. The molecule has 200 valence electrons. The maximum atomic E-state index is 12.7. The van der Waals surface area contributed by atoms with Crippen molar-refractivity contribution in [3.05, 3.63) is 24.3 Å². The summed E-state index contributed by atoms with van der Waals surface area (Å²) in [4.78, 5) is 38.9. The van der Waals surface area contributed by atoms with Gasteiger partial charge >= 0.3 is 5.97 Å². The molecule has 0 spiro atoms. The second-order valence-electron chi connectivity index (χ2n) is 9.47. The molecule has 1 aliphatic carbocycles. The lowest BCUT2D eigenvalue weighted by Crippen LogP contribution is -2.50. The molecule has 1 aromatic carbocycles. The number of carbonyl (C=O) groups is 3.